The molecule has 88 valence electrons. The molecule has 1 aliphatic carbocycles. The second kappa shape index (κ2) is 4.42. The molecule has 0 aromatic carbocycles. The third-order valence-corrected chi connectivity index (χ3v) is 4.33. The van der Waals surface area contributed by atoms with Crippen molar-refractivity contribution in [1.29, 1.82) is 0 Å². The van der Waals surface area contributed by atoms with Crippen molar-refractivity contribution in [2.24, 2.45) is 5.41 Å². The van der Waals surface area contributed by atoms with E-state index in [4.69, 9.17) is 0 Å². The fraction of sp³-hybridized carbons (Fsp3) is 1.00. The van der Waals surface area contributed by atoms with E-state index in [0.717, 1.165) is 12.1 Å². The van der Waals surface area contributed by atoms with Crippen LogP contribution in [0.3, 0.4) is 0 Å². The average Bonchev–Trinajstić information content (AvgIpc) is 2.59. The van der Waals surface area contributed by atoms with Gasteiger partial charge in [0.25, 0.3) is 0 Å². The summed E-state index contributed by atoms with van der Waals surface area (Å²) in [6.45, 7) is 7.47. The van der Waals surface area contributed by atoms with Crippen LogP contribution in [0.5, 0.6) is 0 Å². The molecule has 1 saturated heterocycles. The topological polar surface area (TPSA) is 15.3 Å². The van der Waals surface area contributed by atoms with Crippen molar-refractivity contribution >= 4 is 0 Å². The van der Waals surface area contributed by atoms with Crippen LogP contribution in [-0.2, 0) is 0 Å². The molecule has 0 spiro atoms. The molecule has 2 aliphatic rings. The van der Waals surface area contributed by atoms with E-state index in [1.54, 1.807) is 0 Å². The van der Waals surface area contributed by atoms with Crippen LogP contribution in [0.15, 0.2) is 0 Å². The molecule has 0 atom stereocenters. The van der Waals surface area contributed by atoms with E-state index in [2.05, 4.69) is 31.1 Å². The first-order valence-electron chi connectivity index (χ1n) is 6.52. The van der Waals surface area contributed by atoms with Crippen molar-refractivity contribution in [2.45, 2.75) is 58.0 Å². The summed E-state index contributed by atoms with van der Waals surface area (Å²) in [4.78, 5) is 2.74. The second-order valence-electron chi connectivity index (χ2n) is 6.18. The van der Waals surface area contributed by atoms with Crippen LogP contribution < -0.4 is 5.32 Å². The van der Waals surface area contributed by atoms with Gasteiger partial charge in [0.2, 0.25) is 0 Å². The Morgan fingerprint density at radius 3 is 2.27 bits per heavy atom. The predicted molar refractivity (Wildman–Crippen MR) is 65.1 cm³/mol. The lowest BCUT2D eigenvalue weighted by molar-refractivity contribution is 0.161. The Bertz CT molecular complexity index is 205. The molecule has 15 heavy (non-hydrogen) atoms. The lowest BCUT2D eigenvalue weighted by atomic mass is 9.89. The van der Waals surface area contributed by atoms with Crippen LogP contribution in [0, 0.1) is 5.41 Å². The van der Waals surface area contributed by atoms with Crippen LogP contribution in [0.2, 0.25) is 0 Å². The molecule has 2 fully saturated rings. The van der Waals surface area contributed by atoms with Crippen molar-refractivity contribution in [3.05, 3.63) is 0 Å². The molecule has 0 aromatic rings. The number of likely N-dealkylation sites (tertiary alicyclic amines) is 1. The first-order chi connectivity index (χ1) is 7.11. The highest BCUT2D eigenvalue weighted by Gasteiger charge is 2.34. The maximum atomic E-state index is 3.41. The molecular formula is C13H26N2. The summed E-state index contributed by atoms with van der Waals surface area (Å²) in [5, 5.41) is 3.41. The first kappa shape index (κ1) is 11.4. The van der Waals surface area contributed by atoms with Gasteiger partial charge in [0.05, 0.1) is 0 Å². The third-order valence-electron chi connectivity index (χ3n) is 4.33. The summed E-state index contributed by atoms with van der Waals surface area (Å²) in [5.74, 6) is 0. The molecule has 2 heteroatoms. The normalized spacial score (nSPS) is 37.0. The Kier molecular flexibility index (Phi) is 3.36. The van der Waals surface area contributed by atoms with Gasteiger partial charge < -0.3 is 5.32 Å². The third kappa shape index (κ3) is 2.73. The van der Waals surface area contributed by atoms with E-state index in [0.29, 0.717) is 5.41 Å². The van der Waals surface area contributed by atoms with Crippen molar-refractivity contribution in [3.8, 4) is 0 Å². The Hall–Kier alpha value is -0.0800. The van der Waals surface area contributed by atoms with Gasteiger partial charge in [-0.25, -0.2) is 0 Å². The van der Waals surface area contributed by atoms with Gasteiger partial charge in [0.15, 0.2) is 0 Å². The van der Waals surface area contributed by atoms with Crippen molar-refractivity contribution in [2.75, 3.05) is 20.1 Å². The maximum Gasteiger partial charge on any atom is 0.00966 e. The largest absolute Gasteiger partial charge is 0.317 e. The smallest absolute Gasteiger partial charge is 0.00966 e. The summed E-state index contributed by atoms with van der Waals surface area (Å²) in [7, 11) is 2.10. The van der Waals surface area contributed by atoms with Crippen LogP contribution in [0.25, 0.3) is 0 Å². The minimum absolute atomic E-state index is 0.569. The Labute approximate surface area is 94.4 Å². The van der Waals surface area contributed by atoms with Crippen molar-refractivity contribution in [3.63, 3.8) is 0 Å². The molecule has 1 saturated carbocycles. The van der Waals surface area contributed by atoms with E-state index >= 15 is 0 Å². The van der Waals surface area contributed by atoms with Gasteiger partial charge in [-0.15, -0.1) is 0 Å². The minimum Gasteiger partial charge on any atom is -0.317 e. The Morgan fingerprint density at radius 1 is 1.13 bits per heavy atom. The van der Waals surface area contributed by atoms with Gasteiger partial charge in [-0.05, 0) is 51.1 Å². The van der Waals surface area contributed by atoms with E-state index in [1.807, 2.05) is 0 Å². The predicted octanol–water partition coefficient (Wildman–Crippen LogP) is 2.25. The molecular weight excluding hydrogens is 184 g/mol. The van der Waals surface area contributed by atoms with Crippen LogP contribution >= 0.6 is 0 Å². The zero-order valence-electron chi connectivity index (χ0n) is 10.6. The van der Waals surface area contributed by atoms with Crippen LogP contribution in [0.4, 0.5) is 0 Å². The molecule has 0 unspecified atom stereocenters. The number of nitrogens with zero attached hydrogens (tertiary/aromatic N) is 1. The molecule has 0 bridgehead atoms. The molecule has 1 N–H and O–H groups in total. The zero-order valence-corrected chi connectivity index (χ0v) is 10.6. The van der Waals surface area contributed by atoms with Crippen molar-refractivity contribution < 1.29 is 0 Å². The van der Waals surface area contributed by atoms with Crippen LogP contribution in [-0.4, -0.2) is 37.1 Å². The van der Waals surface area contributed by atoms with E-state index in [1.165, 1.54) is 45.2 Å². The Balaban J connectivity index is 1.81. The highest BCUT2D eigenvalue weighted by atomic mass is 15.2. The summed E-state index contributed by atoms with van der Waals surface area (Å²) in [5.41, 5.74) is 0.569. The summed E-state index contributed by atoms with van der Waals surface area (Å²) >= 11 is 0. The molecule has 2 nitrogen and oxygen atoms in total. The standard InChI is InChI=1S/C13H26N2/c1-13(2)8-9-15(10-13)12-6-4-11(14-3)5-7-12/h11-12,14H,4-10H2,1-3H3. The second-order valence-corrected chi connectivity index (χ2v) is 6.18. The highest BCUT2D eigenvalue weighted by Crippen LogP contribution is 2.33. The SMILES string of the molecule is CNC1CCC(N2CCC(C)(C)C2)CC1. The number of rotatable bonds is 2. The minimum atomic E-state index is 0.569. The van der Waals surface area contributed by atoms with Gasteiger partial charge in [-0.1, -0.05) is 13.8 Å². The van der Waals surface area contributed by atoms with Gasteiger partial charge in [0.1, 0.15) is 0 Å². The summed E-state index contributed by atoms with van der Waals surface area (Å²) < 4.78 is 0. The summed E-state index contributed by atoms with van der Waals surface area (Å²) in [6, 6.07) is 1.67. The number of hydrogen-bond acceptors (Lipinski definition) is 2. The van der Waals surface area contributed by atoms with E-state index in [-0.39, 0.29) is 0 Å². The molecule has 0 amide bonds. The Morgan fingerprint density at radius 2 is 1.80 bits per heavy atom. The number of nitrogens with one attached hydrogen (secondary N) is 1. The fourth-order valence-corrected chi connectivity index (χ4v) is 3.20. The number of hydrogen-bond donors (Lipinski definition) is 1. The highest BCUT2D eigenvalue weighted by molar-refractivity contribution is 4.89. The van der Waals surface area contributed by atoms with Gasteiger partial charge in [0, 0.05) is 18.6 Å². The monoisotopic (exact) mass is 210 g/mol. The molecule has 1 aliphatic heterocycles. The summed E-state index contributed by atoms with van der Waals surface area (Å²) in [6.07, 6.45) is 6.94. The molecule has 1 heterocycles. The first-order valence-corrected chi connectivity index (χ1v) is 6.52. The van der Waals surface area contributed by atoms with Crippen LogP contribution in [0.1, 0.15) is 46.0 Å². The zero-order chi connectivity index (χ0) is 10.9. The van der Waals surface area contributed by atoms with Gasteiger partial charge >= 0.3 is 0 Å². The maximum absolute atomic E-state index is 3.41. The molecule has 2 rings (SSSR count). The quantitative estimate of drug-likeness (QED) is 0.752. The molecule has 0 radical (unpaired) electrons. The average molecular weight is 210 g/mol. The van der Waals surface area contributed by atoms with E-state index < -0.39 is 0 Å². The van der Waals surface area contributed by atoms with Crippen molar-refractivity contribution in [1.82, 2.24) is 10.2 Å². The van der Waals surface area contributed by atoms with E-state index in [9.17, 15) is 0 Å². The fourth-order valence-electron chi connectivity index (χ4n) is 3.20. The lowest BCUT2D eigenvalue weighted by Gasteiger charge is -2.35. The molecule has 0 aromatic heterocycles. The lowest BCUT2D eigenvalue weighted by Crippen LogP contribution is -2.41. The van der Waals surface area contributed by atoms with Gasteiger partial charge in [-0.3, -0.25) is 4.90 Å². The van der Waals surface area contributed by atoms with Gasteiger partial charge in [-0.2, -0.15) is 0 Å².